The number of nitrogens with two attached hydrogens (primary N) is 1. The number of carboxylic acid groups (broad SMARTS) is 1. The van der Waals surface area contributed by atoms with Crippen molar-refractivity contribution in [3.8, 4) is 11.1 Å². The Kier molecular flexibility index (Phi) is 14.5. The van der Waals surface area contributed by atoms with Gasteiger partial charge < -0.3 is 31.8 Å². The maximum atomic E-state index is 13.2. The molecule has 0 saturated carbocycles. The molecule has 0 radical (unpaired) electrons. The van der Waals surface area contributed by atoms with Crippen LogP contribution in [0, 0.1) is 0 Å². The van der Waals surface area contributed by atoms with Gasteiger partial charge in [-0.2, -0.15) is 18.2 Å². The van der Waals surface area contributed by atoms with E-state index in [4.69, 9.17) is 10.3 Å². The standard InChI is InChI=1S/C35H42N10O11S3/c36-29(12-19-57(50,51)52)33(47)37-16-17-43-58(53,54)27-7-2-23(3-8-27)24-4-9-28(10-5-24)59(55,56)44-30(34(48)49)22-41-32(46)25-6-11-31-26(20-25)21-42-45(31)18-1-13-38-35-39-14-15-40-35/h2-11,14-15,20-21,29-30,43-44H,1,12-13,16-19,22,36H2,(H,37,47)(H,41,46)(H,48,49)(H2,38,39,40)(H,50,51,52)/t29-,30-/m0/s1. The minimum Gasteiger partial charge on any atom is -0.480 e. The first kappa shape index (κ1) is 44.3. The number of anilines is 1. The first-order valence-electron chi connectivity index (χ1n) is 17.8. The third-order valence-corrected chi connectivity index (χ3v) is 12.4. The van der Waals surface area contributed by atoms with Gasteiger partial charge in [0, 0.05) is 56.1 Å². The van der Waals surface area contributed by atoms with Crippen molar-refractivity contribution in [2.75, 3.05) is 37.2 Å². The lowest BCUT2D eigenvalue weighted by Gasteiger charge is -2.16. The molecule has 0 aliphatic heterocycles. The van der Waals surface area contributed by atoms with Gasteiger partial charge in [0.25, 0.3) is 16.0 Å². The number of H-pyrrole nitrogens is 1. The Morgan fingerprint density at radius 2 is 1.51 bits per heavy atom. The zero-order valence-corrected chi connectivity index (χ0v) is 33.6. The van der Waals surface area contributed by atoms with Gasteiger partial charge in [-0.05, 0) is 66.4 Å². The SMILES string of the molecule is N[C@@H](CCS(=O)(=O)O)C(=O)NCCNS(=O)(=O)c1ccc(-c2ccc(S(=O)(=O)N[C@@H](CNC(=O)c3ccc4c(cnn4CCCNc4ncc[nH]4)c3)C(=O)O)cc2)cc1. The molecule has 2 atom stereocenters. The second-order valence-corrected chi connectivity index (χ2v) is 18.1. The zero-order chi connectivity index (χ0) is 42.8. The van der Waals surface area contributed by atoms with Crippen LogP contribution in [0.4, 0.5) is 5.95 Å². The smallest absolute Gasteiger partial charge is 0.323 e. The Hall–Kier alpha value is -5.76. The topological polar surface area (TPSA) is 327 Å². The van der Waals surface area contributed by atoms with Crippen molar-refractivity contribution in [1.29, 1.82) is 0 Å². The average Bonchev–Trinajstić information content (AvgIpc) is 3.88. The summed E-state index contributed by atoms with van der Waals surface area (Å²) in [6.07, 6.45) is 5.39. The van der Waals surface area contributed by atoms with Crippen molar-refractivity contribution < 1.29 is 49.3 Å². The van der Waals surface area contributed by atoms with Crippen LogP contribution in [0.2, 0.25) is 0 Å². The Morgan fingerprint density at radius 1 is 0.847 bits per heavy atom. The van der Waals surface area contributed by atoms with E-state index in [9.17, 15) is 44.7 Å². The van der Waals surface area contributed by atoms with Gasteiger partial charge in [-0.25, -0.2) is 26.5 Å². The highest BCUT2D eigenvalue weighted by molar-refractivity contribution is 7.89. The van der Waals surface area contributed by atoms with Crippen LogP contribution in [-0.4, -0.2) is 116 Å². The second kappa shape index (κ2) is 19.3. The average molecular weight is 875 g/mol. The molecule has 2 amide bonds. The first-order chi connectivity index (χ1) is 27.9. The number of benzene rings is 3. The molecule has 0 aliphatic carbocycles. The summed E-state index contributed by atoms with van der Waals surface area (Å²) in [4.78, 5) is 43.7. The third kappa shape index (κ3) is 12.6. The van der Waals surface area contributed by atoms with Crippen LogP contribution in [-0.2, 0) is 46.3 Å². The highest BCUT2D eigenvalue weighted by atomic mass is 32.2. The van der Waals surface area contributed by atoms with Gasteiger partial charge in [0.1, 0.15) is 6.04 Å². The van der Waals surface area contributed by atoms with Gasteiger partial charge >= 0.3 is 5.97 Å². The summed E-state index contributed by atoms with van der Waals surface area (Å²) in [6, 6.07) is 13.0. The lowest BCUT2D eigenvalue weighted by molar-refractivity contribution is -0.138. The van der Waals surface area contributed by atoms with Crippen LogP contribution >= 0.6 is 0 Å². The Bertz CT molecular complexity index is 2580. The molecule has 24 heteroatoms. The van der Waals surface area contributed by atoms with Crippen molar-refractivity contribution in [2.24, 2.45) is 5.73 Å². The minimum atomic E-state index is -4.38. The molecular weight excluding hydrogens is 833 g/mol. The van der Waals surface area contributed by atoms with E-state index in [-0.39, 0.29) is 34.9 Å². The van der Waals surface area contributed by atoms with Gasteiger partial charge in [0.05, 0.1) is 33.3 Å². The largest absolute Gasteiger partial charge is 0.480 e. The number of carboxylic acids is 1. The summed E-state index contributed by atoms with van der Waals surface area (Å²) in [5, 5.41) is 22.9. The lowest BCUT2D eigenvalue weighted by atomic mass is 10.1. The summed E-state index contributed by atoms with van der Waals surface area (Å²) in [6.45, 7) is 0.333. The Balaban J connectivity index is 1.11. The number of sulfonamides is 2. The molecule has 0 bridgehead atoms. The van der Waals surface area contributed by atoms with Crippen LogP contribution in [0.1, 0.15) is 23.2 Å². The van der Waals surface area contributed by atoms with Crippen molar-refractivity contribution in [3.05, 3.63) is 90.9 Å². The van der Waals surface area contributed by atoms with Crippen LogP contribution in [0.15, 0.2) is 95.1 Å². The van der Waals surface area contributed by atoms with Crippen LogP contribution < -0.4 is 31.1 Å². The van der Waals surface area contributed by atoms with Gasteiger partial charge in [-0.1, -0.05) is 24.3 Å². The first-order valence-corrected chi connectivity index (χ1v) is 22.4. The number of aromatic amines is 1. The van der Waals surface area contributed by atoms with E-state index in [0.717, 1.165) is 11.9 Å². The third-order valence-electron chi connectivity index (χ3n) is 8.71. The number of hydrogen-bond donors (Lipinski definition) is 9. The molecule has 5 rings (SSSR count). The summed E-state index contributed by atoms with van der Waals surface area (Å²) in [5.41, 5.74) is 7.64. The van der Waals surface area contributed by atoms with Crippen molar-refractivity contribution in [3.63, 3.8) is 0 Å². The van der Waals surface area contributed by atoms with Crippen molar-refractivity contribution >= 4 is 64.8 Å². The van der Waals surface area contributed by atoms with E-state index in [1.807, 2.05) is 0 Å². The molecule has 10 N–H and O–H groups in total. The second-order valence-electron chi connectivity index (χ2n) is 13.0. The molecular formula is C35H42N10O11S3. The van der Waals surface area contributed by atoms with Gasteiger partial charge in [-0.15, -0.1) is 0 Å². The summed E-state index contributed by atoms with van der Waals surface area (Å²) < 4.78 is 88.5. The molecule has 0 saturated heterocycles. The molecule has 0 spiro atoms. The molecule has 0 fully saturated rings. The predicted octanol–water partition coefficient (Wildman–Crippen LogP) is 0.0898. The molecule has 316 valence electrons. The monoisotopic (exact) mass is 874 g/mol. The molecule has 3 aromatic carbocycles. The maximum absolute atomic E-state index is 13.2. The van der Waals surface area contributed by atoms with Crippen molar-refractivity contribution in [1.82, 2.24) is 39.8 Å². The number of hydrogen-bond acceptors (Lipinski definition) is 13. The van der Waals surface area contributed by atoms with Crippen LogP contribution in [0.3, 0.4) is 0 Å². The van der Waals surface area contributed by atoms with Gasteiger partial charge in [0.2, 0.25) is 26.0 Å². The molecule has 2 heterocycles. The molecule has 21 nitrogen and oxygen atoms in total. The number of carbonyl (C=O) groups excluding carboxylic acids is 2. The van der Waals surface area contributed by atoms with E-state index in [0.29, 0.717) is 35.6 Å². The van der Waals surface area contributed by atoms with E-state index in [1.54, 1.807) is 41.5 Å². The number of fused-ring (bicyclic) bond motifs is 1. The fourth-order valence-corrected chi connectivity index (χ4v) is 8.35. The van der Waals surface area contributed by atoms with Gasteiger partial charge in [-0.3, -0.25) is 23.6 Å². The number of rotatable bonds is 22. The van der Waals surface area contributed by atoms with Crippen molar-refractivity contribution in [2.45, 2.75) is 41.3 Å². The molecule has 0 unspecified atom stereocenters. The van der Waals surface area contributed by atoms with E-state index < -0.39 is 72.3 Å². The molecule has 0 aliphatic rings. The molecule has 59 heavy (non-hydrogen) atoms. The Morgan fingerprint density at radius 3 is 2.12 bits per heavy atom. The summed E-state index contributed by atoms with van der Waals surface area (Å²) in [7, 11) is -12.7. The summed E-state index contributed by atoms with van der Waals surface area (Å²) in [5.74, 6) is -2.90. The highest BCUT2D eigenvalue weighted by Gasteiger charge is 2.26. The number of aliphatic carboxylic acids is 1. The van der Waals surface area contributed by atoms with Crippen LogP contribution in [0.25, 0.3) is 22.0 Å². The number of aromatic nitrogens is 4. The minimum absolute atomic E-state index is 0.106. The van der Waals surface area contributed by atoms with Gasteiger partial charge in [0.15, 0.2) is 5.95 Å². The quantitative estimate of drug-likeness (QED) is 0.0329. The fraction of sp³-hybridized carbons (Fsp3) is 0.286. The normalized spacial score (nSPS) is 13.1. The Labute approximate surface area is 339 Å². The van der Waals surface area contributed by atoms with E-state index in [1.165, 1.54) is 48.5 Å². The number of imidazole rings is 1. The molecule has 5 aromatic rings. The number of carbonyl (C=O) groups is 3. The maximum Gasteiger partial charge on any atom is 0.323 e. The lowest BCUT2D eigenvalue weighted by Crippen LogP contribution is -2.48. The van der Waals surface area contributed by atoms with Crippen LogP contribution in [0.5, 0.6) is 0 Å². The molecule has 2 aromatic heterocycles. The van der Waals surface area contributed by atoms with E-state index >= 15 is 0 Å². The zero-order valence-electron chi connectivity index (χ0n) is 31.1. The highest BCUT2D eigenvalue weighted by Crippen LogP contribution is 2.23. The predicted molar refractivity (Wildman–Crippen MR) is 215 cm³/mol. The number of aryl methyl sites for hydroxylation is 1. The number of nitrogens with one attached hydrogen (secondary N) is 6. The summed E-state index contributed by atoms with van der Waals surface area (Å²) >= 11 is 0. The number of nitrogens with zero attached hydrogens (tertiary/aromatic N) is 3. The number of amides is 2. The fourth-order valence-electron chi connectivity index (χ4n) is 5.58. The van der Waals surface area contributed by atoms with E-state index in [2.05, 4.69) is 40.5 Å².